The molecule has 0 unspecified atom stereocenters. The van der Waals surface area contributed by atoms with Crippen LogP contribution in [0.3, 0.4) is 0 Å². The van der Waals surface area contributed by atoms with E-state index in [1.54, 1.807) is 0 Å². The second-order valence-corrected chi connectivity index (χ2v) is 2.24. The molecule has 0 N–H and O–H groups in total. The standard InChI is InChI=1S/C6H7NO3/c1-7-5(9)2-4(8)3-6(7)10/h2-3H2,1H3. The molecule has 1 heterocycles. The second kappa shape index (κ2) is 2.21. The summed E-state index contributed by atoms with van der Waals surface area (Å²) >= 11 is 0. The van der Waals surface area contributed by atoms with Crippen LogP contribution in [0.5, 0.6) is 0 Å². The minimum atomic E-state index is -0.402. The summed E-state index contributed by atoms with van der Waals surface area (Å²) < 4.78 is 0. The summed E-state index contributed by atoms with van der Waals surface area (Å²) in [7, 11) is 1.39. The molecule has 0 aliphatic carbocycles. The van der Waals surface area contributed by atoms with Gasteiger partial charge in [-0.05, 0) is 0 Å². The van der Waals surface area contributed by atoms with Gasteiger partial charge in [0.2, 0.25) is 11.8 Å². The Labute approximate surface area is 57.8 Å². The summed E-state index contributed by atoms with van der Waals surface area (Å²) in [4.78, 5) is 32.9. The molecule has 10 heavy (non-hydrogen) atoms. The van der Waals surface area contributed by atoms with Crippen molar-refractivity contribution in [3.63, 3.8) is 0 Å². The van der Waals surface area contributed by atoms with Crippen molar-refractivity contribution in [1.29, 1.82) is 0 Å². The Kier molecular flexibility index (Phi) is 1.53. The van der Waals surface area contributed by atoms with Gasteiger partial charge in [-0.2, -0.15) is 0 Å². The topological polar surface area (TPSA) is 54.5 Å². The summed E-state index contributed by atoms with van der Waals surface area (Å²) in [5, 5.41) is 0. The Morgan fingerprint density at radius 1 is 1.10 bits per heavy atom. The number of hydrogen-bond donors (Lipinski definition) is 0. The Morgan fingerprint density at radius 2 is 1.50 bits per heavy atom. The van der Waals surface area contributed by atoms with Crippen molar-refractivity contribution in [1.82, 2.24) is 4.90 Å². The molecule has 1 aliphatic rings. The van der Waals surface area contributed by atoms with Crippen molar-refractivity contribution in [2.24, 2.45) is 0 Å². The van der Waals surface area contributed by atoms with Crippen molar-refractivity contribution in [2.75, 3.05) is 7.05 Å². The van der Waals surface area contributed by atoms with Crippen LogP contribution >= 0.6 is 0 Å². The molecule has 4 nitrogen and oxygen atoms in total. The van der Waals surface area contributed by atoms with Gasteiger partial charge in [-0.1, -0.05) is 0 Å². The monoisotopic (exact) mass is 141 g/mol. The van der Waals surface area contributed by atoms with Crippen LogP contribution in [0, 0.1) is 0 Å². The summed E-state index contributed by atoms with van der Waals surface area (Å²) in [6.45, 7) is 0. The van der Waals surface area contributed by atoms with Gasteiger partial charge in [0, 0.05) is 7.05 Å². The van der Waals surface area contributed by atoms with E-state index in [0.717, 1.165) is 4.90 Å². The van der Waals surface area contributed by atoms with Gasteiger partial charge in [0.1, 0.15) is 0 Å². The first-order chi connectivity index (χ1) is 4.61. The lowest BCUT2D eigenvalue weighted by Gasteiger charge is -2.18. The predicted octanol–water partition coefficient (Wildman–Crippen LogP) is -0.666. The summed E-state index contributed by atoms with van der Waals surface area (Å²) in [6, 6.07) is 0. The predicted molar refractivity (Wildman–Crippen MR) is 32.0 cm³/mol. The van der Waals surface area contributed by atoms with Gasteiger partial charge >= 0.3 is 0 Å². The number of nitrogens with zero attached hydrogens (tertiary/aromatic N) is 1. The molecule has 0 atom stereocenters. The Bertz CT molecular complexity index is 189. The van der Waals surface area contributed by atoms with Crippen molar-refractivity contribution in [3.8, 4) is 0 Å². The highest BCUT2D eigenvalue weighted by Gasteiger charge is 2.27. The molecule has 0 radical (unpaired) electrons. The largest absolute Gasteiger partial charge is 0.299 e. The highest BCUT2D eigenvalue weighted by atomic mass is 16.2. The first kappa shape index (κ1) is 6.92. The molecular formula is C6H7NO3. The smallest absolute Gasteiger partial charge is 0.236 e. The van der Waals surface area contributed by atoms with Gasteiger partial charge in [0.05, 0.1) is 12.8 Å². The quantitative estimate of drug-likeness (QED) is 0.332. The number of rotatable bonds is 0. The van der Waals surface area contributed by atoms with Gasteiger partial charge in [0.15, 0.2) is 5.78 Å². The van der Waals surface area contributed by atoms with Crippen LogP contribution in [0.15, 0.2) is 0 Å². The number of imide groups is 1. The highest BCUT2D eigenvalue weighted by Crippen LogP contribution is 2.05. The molecule has 0 aromatic rings. The minimum absolute atomic E-state index is 0.123. The number of hydrogen-bond acceptors (Lipinski definition) is 3. The third kappa shape index (κ3) is 1.05. The fourth-order valence-corrected chi connectivity index (χ4v) is 0.776. The van der Waals surface area contributed by atoms with Crippen LogP contribution in [0.2, 0.25) is 0 Å². The Morgan fingerprint density at radius 3 is 1.90 bits per heavy atom. The van der Waals surface area contributed by atoms with Crippen LogP contribution in [0.1, 0.15) is 12.8 Å². The van der Waals surface area contributed by atoms with Crippen molar-refractivity contribution in [3.05, 3.63) is 0 Å². The number of Topliss-reactive ketones (excluding diaryl/α,β-unsaturated/α-hetero) is 1. The van der Waals surface area contributed by atoms with E-state index in [-0.39, 0.29) is 18.6 Å². The van der Waals surface area contributed by atoms with E-state index in [2.05, 4.69) is 0 Å². The van der Waals surface area contributed by atoms with Crippen molar-refractivity contribution < 1.29 is 14.4 Å². The molecule has 0 saturated carbocycles. The van der Waals surface area contributed by atoms with E-state index in [4.69, 9.17) is 0 Å². The van der Waals surface area contributed by atoms with Gasteiger partial charge in [-0.25, -0.2) is 0 Å². The third-order valence-electron chi connectivity index (χ3n) is 1.44. The zero-order valence-corrected chi connectivity index (χ0v) is 5.59. The van der Waals surface area contributed by atoms with Crippen LogP contribution < -0.4 is 0 Å². The lowest BCUT2D eigenvalue weighted by atomic mass is 10.1. The molecule has 1 rings (SSSR count). The Hall–Kier alpha value is -1.19. The number of amides is 2. The number of ketones is 1. The number of likely N-dealkylation sites (tertiary alicyclic amines) is 1. The number of carbonyl (C=O) groups excluding carboxylic acids is 3. The van der Waals surface area contributed by atoms with Gasteiger partial charge in [-0.3, -0.25) is 19.3 Å². The van der Waals surface area contributed by atoms with Crippen LogP contribution in [0.25, 0.3) is 0 Å². The minimum Gasteiger partial charge on any atom is -0.299 e. The summed E-state index contributed by atoms with van der Waals surface area (Å²) in [5.74, 6) is -1.09. The molecule has 54 valence electrons. The van der Waals surface area contributed by atoms with Crippen LogP contribution in [-0.2, 0) is 14.4 Å². The molecule has 1 aliphatic heterocycles. The molecule has 2 amide bonds. The third-order valence-corrected chi connectivity index (χ3v) is 1.44. The molecule has 0 spiro atoms. The van der Waals surface area contributed by atoms with Crippen LogP contribution in [0.4, 0.5) is 0 Å². The number of piperidine rings is 1. The fourth-order valence-electron chi connectivity index (χ4n) is 0.776. The Balaban J connectivity index is 2.76. The van der Waals surface area contributed by atoms with Gasteiger partial charge in [0.25, 0.3) is 0 Å². The van der Waals surface area contributed by atoms with E-state index >= 15 is 0 Å². The maximum Gasteiger partial charge on any atom is 0.236 e. The summed E-state index contributed by atoms with van der Waals surface area (Å²) in [5.41, 5.74) is 0. The van der Waals surface area contributed by atoms with E-state index in [0.29, 0.717) is 0 Å². The zero-order chi connectivity index (χ0) is 7.72. The lowest BCUT2D eigenvalue weighted by Crippen LogP contribution is -2.40. The molecule has 0 bridgehead atoms. The molecule has 0 aromatic carbocycles. The molecule has 0 aromatic heterocycles. The van der Waals surface area contributed by atoms with E-state index in [1.807, 2.05) is 0 Å². The SMILES string of the molecule is CN1C(=O)CC(=O)CC1=O. The van der Waals surface area contributed by atoms with E-state index in [9.17, 15) is 14.4 Å². The molecule has 4 heteroatoms. The van der Waals surface area contributed by atoms with E-state index < -0.39 is 11.8 Å². The van der Waals surface area contributed by atoms with Crippen molar-refractivity contribution in [2.45, 2.75) is 12.8 Å². The van der Waals surface area contributed by atoms with Gasteiger partial charge in [-0.15, -0.1) is 0 Å². The first-order valence-corrected chi connectivity index (χ1v) is 2.92. The highest BCUT2D eigenvalue weighted by molar-refractivity contribution is 6.16. The fraction of sp³-hybridized carbons (Fsp3) is 0.500. The number of carbonyl (C=O) groups is 3. The molecular weight excluding hydrogens is 134 g/mol. The molecule has 1 fully saturated rings. The summed E-state index contributed by atoms with van der Waals surface area (Å²) in [6.07, 6.45) is -0.246. The van der Waals surface area contributed by atoms with Crippen molar-refractivity contribution >= 4 is 17.6 Å². The average molecular weight is 141 g/mol. The maximum absolute atomic E-state index is 10.7. The normalized spacial score (nSPS) is 20.1. The lowest BCUT2D eigenvalue weighted by molar-refractivity contribution is -0.149. The zero-order valence-electron chi connectivity index (χ0n) is 5.59. The molecule has 1 saturated heterocycles. The van der Waals surface area contributed by atoms with Crippen LogP contribution in [-0.4, -0.2) is 29.5 Å². The first-order valence-electron chi connectivity index (χ1n) is 2.92. The van der Waals surface area contributed by atoms with Gasteiger partial charge < -0.3 is 0 Å². The average Bonchev–Trinajstić information content (AvgIpc) is 1.82. The van der Waals surface area contributed by atoms with E-state index in [1.165, 1.54) is 7.05 Å². The second-order valence-electron chi connectivity index (χ2n) is 2.24. The maximum atomic E-state index is 10.7.